The van der Waals surface area contributed by atoms with Crippen LogP contribution in [0.3, 0.4) is 0 Å². The third kappa shape index (κ3) is 2.25. The molecule has 1 fully saturated rings. The smallest absolute Gasteiger partial charge is 0.325 e. The molecular weight excluding hydrogens is 278 g/mol. The van der Waals surface area contributed by atoms with E-state index in [1.807, 2.05) is 0 Å². The SMILES string of the molecule is COC(=O)C1(N)CCC(Sc2ncnc3nc[nH]c23)C1. The van der Waals surface area contributed by atoms with Crippen molar-refractivity contribution in [3.8, 4) is 0 Å². The van der Waals surface area contributed by atoms with E-state index in [1.165, 1.54) is 13.4 Å². The number of hydrogen-bond acceptors (Lipinski definition) is 7. The second-order valence-electron chi connectivity index (χ2n) is 4.91. The van der Waals surface area contributed by atoms with Crippen LogP contribution >= 0.6 is 11.8 Å². The summed E-state index contributed by atoms with van der Waals surface area (Å²) in [5.41, 5.74) is 6.71. The number of nitrogens with zero attached hydrogens (tertiary/aromatic N) is 3. The number of nitrogens with one attached hydrogen (secondary N) is 1. The lowest BCUT2D eigenvalue weighted by Gasteiger charge is -2.20. The zero-order chi connectivity index (χ0) is 14.2. The molecule has 7 nitrogen and oxygen atoms in total. The number of thioether (sulfide) groups is 1. The minimum atomic E-state index is -0.869. The lowest BCUT2D eigenvalue weighted by Crippen LogP contribution is -2.46. The van der Waals surface area contributed by atoms with Gasteiger partial charge in [0, 0.05) is 5.25 Å². The molecule has 0 bridgehead atoms. The maximum absolute atomic E-state index is 11.7. The quantitative estimate of drug-likeness (QED) is 0.638. The van der Waals surface area contributed by atoms with Crippen molar-refractivity contribution in [3.63, 3.8) is 0 Å². The van der Waals surface area contributed by atoms with Gasteiger partial charge in [0.2, 0.25) is 0 Å². The van der Waals surface area contributed by atoms with E-state index in [9.17, 15) is 4.79 Å². The average Bonchev–Trinajstić information content (AvgIpc) is 3.06. The minimum absolute atomic E-state index is 0.237. The number of hydrogen-bond donors (Lipinski definition) is 2. The molecule has 3 rings (SSSR count). The summed E-state index contributed by atoms with van der Waals surface area (Å²) in [4.78, 5) is 27.2. The Balaban J connectivity index is 1.77. The molecule has 0 aromatic carbocycles. The molecular formula is C12H15N5O2S. The highest BCUT2D eigenvalue weighted by Crippen LogP contribution is 2.40. The van der Waals surface area contributed by atoms with Gasteiger partial charge in [0.15, 0.2) is 5.65 Å². The van der Waals surface area contributed by atoms with E-state index in [4.69, 9.17) is 10.5 Å². The number of rotatable bonds is 3. The average molecular weight is 293 g/mol. The van der Waals surface area contributed by atoms with Gasteiger partial charge in [-0.2, -0.15) is 0 Å². The fraction of sp³-hybridized carbons (Fsp3) is 0.500. The van der Waals surface area contributed by atoms with Gasteiger partial charge in [-0.3, -0.25) is 4.79 Å². The van der Waals surface area contributed by atoms with Crippen molar-refractivity contribution in [1.82, 2.24) is 19.9 Å². The van der Waals surface area contributed by atoms with E-state index in [0.717, 1.165) is 17.0 Å². The van der Waals surface area contributed by atoms with Crippen LogP contribution < -0.4 is 5.73 Å². The molecule has 1 aliphatic carbocycles. The van der Waals surface area contributed by atoms with Gasteiger partial charge < -0.3 is 15.5 Å². The third-order valence-corrected chi connectivity index (χ3v) is 4.83. The summed E-state index contributed by atoms with van der Waals surface area (Å²) >= 11 is 1.61. The molecule has 2 heterocycles. The Morgan fingerprint density at radius 1 is 1.55 bits per heavy atom. The molecule has 1 saturated carbocycles. The number of carbonyl (C=O) groups excluding carboxylic acids is 1. The Morgan fingerprint density at radius 2 is 2.40 bits per heavy atom. The van der Waals surface area contributed by atoms with Gasteiger partial charge in [-0.05, 0) is 19.3 Å². The molecule has 1 aliphatic rings. The number of methoxy groups -OCH3 is 1. The fourth-order valence-electron chi connectivity index (χ4n) is 2.51. The van der Waals surface area contributed by atoms with Gasteiger partial charge in [-0.25, -0.2) is 15.0 Å². The fourth-order valence-corrected chi connectivity index (χ4v) is 3.82. The van der Waals surface area contributed by atoms with E-state index in [1.54, 1.807) is 18.1 Å². The predicted octanol–water partition coefficient (Wildman–Crippen LogP) is 0.868. The van der Waals surface area contributed by atoms with Crippen LogP contribution in [0.4, 0.5) is 0 Å². The number of nitrogens with two attached hydrogens (primary N) is 1. The number of esters is 1. The van der Waals surface area contributed by atoms with Gasteiger partial charge in [0.25, 0.3) is 0 Å². The molecule has 2 aromatic rings. The summed E-state index contributed by atoms with van der Waals surface area (Å²) in [6.45, 7) is 0. The van der Waals surface area contributed by atoms with Crippen molar-refractivity contribution in [3.05, 3.63) is 12.7 Å². The first-order valence-electron chi connectivity index (χ1n) is 6.30. The molecule has 0 radical (unpaired) electrons. The van der Waals surface area contributed by atoms with Crippen molar-refractivity contribution in [2.75, 3.05) is 7.11 Å². The number of H-pyrrole nitrogens is 1. The van der Waals surface area contributed by atoms with Crippen LogP contribution in [0.15, 0.2) is 17.7 Å². The molecule has 20 heavy (non-hydrogen) atoms. The topological polar surface area (TPSA) is 107 Å². The predicted molar refractivity (Wildman–Crippen MR) is 74.1 cm³/mol. The molecule has 106 valence electrons. The van der Waals surface area contributed by atoms with Crippen molar-refractivity contribution in [1.29, 1.82) is 0 Å². The molecule has 0 saturated heterocycles. The van der Waals surface area contributed by atoms with E-state index in [2.05, 4.69) is 19.9 Å². The van der Waals surface area contributed by atoms with Crippen LogP contribution in [-0.2, 0) is 9.53 Å². The number of carbonyl (C=O) groups is 1. The summed E-state index contributed by atoms with van der Waals surface area (Å²) in [6.07, 6.45) is 5.17. The van der Waals surface area contributed by atoms with Crippen molar-refractivity contribution >= 4 is 28.9 Å². The second kappa shape index (κ2) is 5.02. The van der Waals surface area contributed by atoms with Gasteiger partial charge in [0.1, 0.15) is 22.4 Å². The van der Waals surface area contributed by atoms with E-state index in [-0.39, 0.29) is 11.2 Å². The molecule has 2 aromatic heterocycles. The first kappa shape index (κ1) is 13.3. The Labute approximate surface area is 119 Å². The highest BCUT2D eigenvalue weighted by molar-refractivity contribution is 8.00. The van der Waals surface area contributed by atoms with Crippen LogP contribution in [0.5, 0.6) is 0 Å². The van der Waals surface area contributed by atoms with E-state index in [0.29, 0.717) is 18.5 Å². The van der Waals surface area contributed by atoms with Gasteiger partial charge in [-0.1, -0.05) is 0 Å². The van der Waals surface area contributed by atoms with Gasteiger partial charge in [0.05, 0.1) is 13.4 Å². The van der Waals surface area contributed by atoms with Crippen LogP contribution in [0, 0.1) is 0 Å². The Hall–Kier alpha value is -1.67. The molecule has 0 spiro atoms. The van der Waals surface area contributed by atoms with Crippen LogP contribution in [0.1, 0.15) is 19.3 Å². The van der Waals surface area contributed by atoms with Crippen molar-refractivity contribution < 1.29 is 9.53 Å². The van der Waals surface area contributed by atoms with Gasteiger partial charge >= 0.3 is 5.97 Å². The van der Waals surface area contributed by atoms with Crippen LogP contribution in [0.25, 0.3) is 11.2 Å². The van der Waals surface area contributed by atoms with Crippen LogP contribution in [-0.4, -0.2) is 43.8 Å². The van der Waals surface area contributed by atoms with Gasteiger partial charge in [-0.15, -0.1) is 11.8 Å². The van der Waals surface area contributed by atoms with Crippen molar-refractivity contribution in [2.24, 2.45) is 5.73 Å². The summed E-state index contributed by atoms with van der Waals surface area (Å²) in [5, 5.41) is 1.08. The Kier molecular flexibility index (Phi) is 3.35. The number of aromatic amines is 1. The number of fused-ring (bicyclic) bond motifs is 1. The summed E-state index contributed by atoms with van der Waals surface area (Å²) in [7, 11) is 1.37. The monoisotopic (exact) mass is 293 g/mol. The number of imidazole rings is 1. The molecule has 2 unspecified atom stereocenters. The van der Waals surface area contributed by atoms with Crippen molar-refractivity contribution in [2.45, 2.75) is 35.1 Å². The van der Waals surface area contributed by atoms with E-state index < -0.39 is 5.54 Å². The zero-order valence-electron chi connectivity index (χ0n) is 11.0. The third-order valence-electron chi connectivity index (χ3n) is 3.56. The highest BCUT2D eigenvalue weighted by atomic mass is 32.2. The molecule has 2 atom stereocenters. The maximum Gasteiger partial charge on any atom is 0.325 e. The maximum atomic E-state index is 11.7. The number of aromatic nitrogens is 4. The van der Waals surface area contributed by atoms with E-state index >= 15 is 0 Å². The number of ether oxygens (including phenoxy) is 1. The lowest BCUT2D eigenvalue weighted by molar-refractivity contribution is -0.146. The lowest BCUT2D eigenvalue weighted by atomic mass is 10.00. The summed E-state index contributed by atoms with van der Waals surface area (Å²) in [5.74, 6) is -0.338. The molecule has 0 amide bonds. The normalized spacial score (nSPS) is 26.0. The first-order chi connectivity index (χ1) is 9.62. The zero-order valence-corrected chi connectivity index (χ0v) is 11.8. The second-order valence-corrected chi connectivity index (χ2v) is 6.20. The minimum Gasteiger partial charge on any atom is -0.468 e. The largest absolute Gasteiger partial charge is 0.468 e. The highest BCUT2D eigenvalue weighted by Gasteiger charge is 2.43. The summed E-state index contributed by atoms with van der Waals surface area (Å²) in [6, 6.07) is 0. The standard InChI is InChI=1S/C12H15N5O2S/c1-19-11(18)12(13)3-2-7(4-12)20-10-8-9(15-5-14-8)16-6-17-10/h5-7H,2-4,13H2,1H3,(H,14,15,16,17). The van der Waals surface area contributed by atoms with Crippen LogP contribution in [0.2, 0.25) is 0 Å². The Bertz CT molecular complexity index is 646. The molecule has 3 N–H and O–H groups in total. The Morgan fingerprint density at radius 3 is 3.20 bits per heavy atom. The molecule has 0 aliphatic heterocycles. The first-order valence-corrected chi connectivity index (χ1v) is 7.18. The summed E-state index contributed by atoms with van der Waals surface area (Å²) < 4.78 is 4.78. The molecule has 8 heteroatoms.